The fraction of sp³-hybridized carbons (Fsp3) is 0.438. The molecule has 1 amide bonds. The van der Waals surface area contributed by atoms with E-state index in [1.165, 1.54) is 18.4 Å². The largest absolute Gasteiger partial charge is 0.334 e. The third-order valence-electron chi connectivity index (χ3n) is 3.82. The molecule has 19 heavy (non-hydrogen) atoms. The molecule has 0 unspecified atom stereocenters. The average molecular weight is 256 g/mol. The van der Waals surface area contributed by atoms with Gasteiger partial charge in [0.25, 0.3) is 5.91 Å². The molecule has 1 aromatic rings. The number of hydrogen-bond donors (Lipinski definition) is 1. The number of amides is 1. The van der Waals surface area contributed by atoms with Crippen LogP contribution in [0.5, 0.6) is 0 Å². The zero-order valence-corrected chi connectivity index (χ0v) is 11.2. The highest BCUT2D eigenvalue weighted by atomic mass is 16.2. The van der Waals surface area contributed by atoms with Gasteiger partial charge in [0, 0.05) is 31.2 Å². The third kappa shape index (κ3) is 2.87. The van der Waals surface area contributed by atoms with Crippen LogP contribution in [-0.2, 0) is 6.42 Å². The lowest BCUT2D eigenvalue weighted by Gasteiger charge is -2.29. The molecule has 0 spiro atoms. The maximum Gasteiger partial charge on any atom is 0.254 e. The predicted octanol–water partition coefficient (Wildman–Crippen LogP) is 1.99. The van der Waals surface area contributed by atoms with Gasteiger partial charge in [0.15, 0.2) is 0 Å². The molecule has 100 valence electrons. The van der Waals surface area contributed by atoms with Crippen molar-refractivity contribution >= 4 is 5.91 Å². The van der Waals surface area contributed by atoms with Crippen LogP contribution in [0.3, 0.4) is 0 Å². The molecule has 1 saturated carbocycles. The van der Waals surface area contributed by atoms with Crippen molar-refractivity contribution < 1.29 is 4.79 Å². The lowest BCUT2D eigenvalue weighted by molar-refractivity contribution is 0.0754. The Labute approximate surface area is 114 Å². The van der Waals surface area contributed by atoms with E-state index < -0.39 is 0 Å². The molecule has 3 nitrogen and oxygen atoms in total. The number of rotatable bonds is 5. The van der Waals surface area contributed by atoms with Gasteiger partial charge >= 0.3 is 0 Å². The minimum absolute atomic E-state index is 0.148. The van der Waals surface area contributed by atoms with Gasteiger partial charge < -0.3 is 10.2 Å². The van der Waals surface area contributed by atoms with E-state index in [1.807, 2.05) is 29.2 Å². The second-order valence-corrected chi connectivity index (χ2v) is 5.54. The first-order valence-electron chi connectivity index (χ1n) is 7.01. The third-order valence-corrected chi connectivity index (χ3v) is 3.82. The Balaban J connectivity index is 1.60. The van der Waals surface area contributed by atoms with Crippen LogP contribution in [0.1, 0.15) is 28.8 Å². The van der Waals surface area contributed by atoms with Crippen LogP contribution in [0.15, 0.2) is 36.4 Å². The fourth-order valence-electron chi connectivity index (χ4n) is 2.53. The van der Waals surface area contributed by atoms with Gasteiger partial charge in [0.05, 0.1) is 0 Å². The molecule has 2 aliphatic rings. The van der Waals surface area contributed by atoms with E-state index >= 15 is 0 Å². The van der Waals surface area contributed by atoms with E-state index in [2.05, 4.69) is 11.9 Å². The molecule has 1 N–H and O–H groups in total. The van der Waals surface area contributed by atoms with E-state index in [-0.39, 0.29) is 5.91 Å². The van der Waals surface area contributed by atoms with Crippen molar-refractivity contribution in [1.82, 2.24) is 10.2 Å². The van der Waals surface area contributed by atoms with Crippen molar-refractivity contribution in [2.45, 2.75) is 25.3 Å². The summed E-state index contributed by atoms with van der Waals surface area (Å²) < 4.78 is 0. The molecule has 1 fully saturated rings. The molecule has 1 aliphatic heterocycles. The summed E-state index contributed by atoms with van der Waals surface area (Å²) in [5.74, 6) is 0.148. The Kier molecular flexibility index (Phi) is 3.38. The number of carbonyl (C=O) groups excluding carboxylic acids is 1. The van der Waals surface area contributed by atoms with Crippen LogP contribution in [0, 0.1) is 0 Å². The SMILES string of the molecule is C=C(CNC1CC1)CN1CCc2ccccc2C1=O. The summed E-state index contributed by atoms with van der Waals surface area (Å²) in [5, 5.41) is 3.44. The van der Waals surface area contributed by atoms with Crippen molar-refractivity contribution in [2.75, 3.05) is 19.6 Å². The van der Waals surface area contributed by atoms with Crippen LogP contribution in [-0.4, -0.2) is 36.5 Å². The second-order valence-electron chi connectivity index (χ2n) is 5.54. The Hall–Kier alpha value is -1.61. The van der Waals surface area contributed by atoms with Gasteiger partial charge in [-0.3, -0.25) is 4.79 Å². The number of fused-ring (bicyclic) bond motifs is 1. The van der Waals surface area contributed by atoms with Crippen LogP contribution >= 0.6 is 0 Å². The summed E-state index contributed by atoms with van der Waals surface area (Å²) in [6.45, 7) is 6.39. The first-order valence-corrected chi connectivity index (χ1v) is 7.01. The highest BCUT2D eigenvalue weighted by molar-refractivity contribution is 5.96. The molecule has 1 heterocycles. The van der Waals surface area contributed by atoms with E-state index in [4.69, 9.17) is 0 Å². The first-order chi connectivity index (χ1) is 9.24. The number of nitrogens with one attached hydrogen (secondary N) is 1. The normalized spacial score (nSPS) is 18.3. The fourth-order valence-corrected chi connectivity index (χ4v) is 2.53. The van der Waals surface area contributed by atoms with Crippen LogP contribution < -0.4 is 5.32 Å². The van der Waals surface area contributed by atoms with Crippen molar-refractivity contribution in [3.8, 4) is 0 Å². The van der Waals surface area contributed by atoms with Crippen LogP contribution in [0.25, 0.3) is 0 Å². The summed E-state index contributed by atoms with van der Waals surface area (Å²) in [5.41, 5.74) is 3.13. The molecule has 1 aliphatic carbocycles. The summed E-state index contributed by atoms with van der Waals surface area (Å²) in [6, 6.07) is 8.60. The highest BCUT2D eigenvalue weighted by Crippen LogP contribution is 2.20. The van der Waals surface area contributed by atoms with Crippen molar-refractivity contribution in [3.05, 3.63) is 47.5 Å². The Morgan fingerprint density at radius 3 is 2.95 bits per heavy atom. The maximum atomic E-state index is 12.4. The van der Waals surface area contributed by atoms with E-state index in [0.717, 1.165) is 30.6 Å². The molecule has 0 aromatic heterocycles. The lowest BCUT2D eigenvalue weighted by Crippen LogP contribution is -2.39. The smallest absolute Gasteiger partial charge is 0.254 e. The van der Waals surface area contributed by atoms with Crippen LogP contribution in [0.2, 0.25) is 0 Å². The standard InChI is InChI=1S/C16H20N2O/c1-12(10-17-14-6-7-14)11-18-9-8-13-4-2-3-5-15(13)16(18)19/h2-5,14,17H,1,6-11H2. The zero-order valence-electron chi connectivity index (χ0n) is 11.2. The van der Waals surface area contributed by atoms with Gasteiger partial charge in [0.1, 0.15) is 0 Å². The van der Waals surface area contributed by atoms with Crippen molar-refractivity contribution in [1.29, 1.82) is 0 Å². The topological polar surface area (TPSA) is 32.3 Å². The number of hydrogen-bond acceptors (Lipinski definition) is 2. The van der Waals surface area contributed by atoms with Gasteiger partial charge in [-0.25, -0.2) is 0 Å². The molecule has 0 atom stereocenters. The lowest BCUT2D eigenvalue weighted by atomic mass is 9.99. The monoisotopic (exact) mass is 256 g/mol. The second kappa shape index (κ2) is 5.17. The number of nitrogens with zero attached hydrogens (tertiary/aromatic N) is 1. The highest BCUT2D eigenvalue weighted by Gasteiger charge is 2.25. The maximum absolute atomic E-state index is 12.4. The van der Waals surface area contributed by atoms with E-state index in [0.29, 0.717) is 12.6 Å². The molecule has 1 aromatic carbocycles. The number of benzene rings is 1. The minimum Gasteiger partial charge on any atom is -0.334 e. The molecule has 3 heteroatoms. The molecular formula is C16H20N2O. The molecule has 0 bridgehead atoms. The first kappa shape index (κ1) is 12.4. The Morgan fingerprint density at radius 2 is 2.16 bits per heavy atom. The molecule has 3 rings (SSSR count). The molecule has 0 radical (unpaired) electrons. The van der Waals surface area contributed by atoms with Gasteiger partial charge in [-0.1, -0.05) is 24.8 Å². The summed E-state index contributed by atoms with van der Waals surface area (Å²) in [4.78, 5) is 14.3. The van der Waals surface area contributed by atoms with Gasteiger partial charge in [-0.2, -0.15) is 0 Å². The quantitative estimate of drug-likeness (QED) is 0.817. The summed E-state index contributed by atoms with van der Waals surface area (Å²) in [7, 11) is 0. The van der Waals surface area contributed by atoms with Gasteiger partial charge in [-0.05, 0) is 36.5 Å². The van der Waals surface area contributed by atoms with E-state index in [9.17, 15) is 4.79 Å². The van der Waals surface area contributed by atoms with Gasteiger partial charge in [0.2, 0.25) is 0 Å². The summed E-state index contributed by atoms with van der Waals surface area (Å²) >= 11 is 0. The summed E-state index contributed by atoms with van der Waals surface area (Å²) in [6.07, 6.45) is 3.51. The Morgan fingerprint density at radius 1 is 1.37 bits per heavy atom. The molecular weight excluding hydrogens is 236 g/mol. The van der Waals surface area contributed by atoms with E-state index in [1.54, 1.807) is 0 Å². The Bertz CT molecular complexity index is 505. The zero-order chi connectivity index (χ0) is 13.2. The van der Waals surface area contributed by atoms with Crippen molar-refractivity contribution in [3.63, 3.8) is 0 Å². The van der Waals surface area contributed by atoms with Crippen LogP contribution in [0.4, 0.5) is 0 Å². The van der Waals surface area contributed by atoms with Gasteiger partial charge in [-0.15, -0.1) is 0 Å². The number of carbonyl (C=O) groups is 1. The minimum atomic E-state index is 0.148. The average Bonchev–Trinajstić information content (AvgIpc) is 3.24. The van der Waals surface area contributed by atoms with Crippen molar-refractivity contribution in [2.24, 2.45) is 0 Å². The predicted molar refractivity (Wildman–Crippen MR) is 76.2 cm³/mol. The molecule has 0 saturated heterocycles.